The van der Waals surface area contributed by atoms with Crippen LogP contribution in [0.25, 0.3) is 0 Å². The van der Waals surface area contributed by atoms with Gasteiger partial charge in [-0.1, -0.05) is 12.1 Å². The number of rotatable bonds is 6. The normalized spacial score (nSPS) is 12.2. The van der Waals surface area contributed by atoms with E-state index in [2.05, 4.69) is 0 Å². The molecule has 0 aliphatic carbocycles. The molecule has 0 radical (unpaired) electrons. The summed E-state index contributed by atoms with van der Waals surface area (Å²) in [4.78, 5) is 13.7. The van der Waals surface area contributed by atoms with Gasteiger partial charge in [0.1, 0.15) is 0 Å². The number of benzene rings is 1. The van der Waals surface area contributed by atoms with Crippen LogP contribution in [0.1, 0.15) is 29.3 Å². The molecule has 1 atom stereocenters. The van der Waals surface area contributed by atoms with E-state index in [1.165, 1.54) is 0 Å². The van der Waals surface area contributed by atoms with Gasteiger partial charge in [0.25, 0.3) is 5.91 Å². The molecule has 1 unspecified atom stereocenters. The highest BCUT2D eigenvalue weighted by molar-refractivity contribution is 5.94. The SMILES string of the molecule is COCc1cccc(C(=O)N(C)CCC(C)O)c1. The van der Waals surface area contributed by atoms with E-state index in [9.17, 15) is 9.90 Å². The minimum Gasteiger partial charge on any atom is -0.393 e. The van der Waals surface area contributed by atoms with E-state index in [0.717, 1.165) is 5.56 Å². The summed E-state index contributed by atoms with van der Waals surface area (Å²) < 4.78 is 5.04. The van der Waals surface area contributed by atoms with E-state index in [1.54, 1.807) is 32.0 Å². The summed E-state index contributed by atoms with van der Waals surface area (Å²) in [6, 6.07) is 7.41. The molecule has 0 bridgehead atoms. The number of aliphatic hydroxyl groups excluding tert-OH is 1. The Labute approximate surface area is 108 Å². The first kappa shape index (κ1) is 14.7. The van der Waals surface area contributed by atoms with Crippen molar-refractivity contribution in [2.24, 2.45) is 0 Å². The maximum atomic E-state index is 12.1. The zero-order valence-corrected chi connectivity index (χ0v) is 11.2. The molecule has 1 aromatic carbocycles. The van der Waals surface area contributed by atoms with Gasteiger partial charge < -0.3 is 14.7 Å². The van der Waals surface area contributed by atoms with E-state index in [4.69, 9.17) is 4.74 Å². The lowest BCUT2D eigenvalue weighted by Gasteiger charge is -2.18. The maximum Gasteiger partial charge on any atom is 0.253 e. The number of aliphatic hydroxyl groups is 1. The second-order valence-corrected chi connectivity index (χ2v) is 4.50. The Kier molecular flexibility index (Phi) is 5.82. The molecule has 0 fully saturated rings. The number of hydrogen-bond acceptors (Lipinski definition) is 3. The number of amides is 1. The average Bonchev–Trinajstić information content (AvgIpc) is 2.35. The molecule has 0 spiro atoms. The minimum atomic E-state index is -0.389. The van der Waals surface area contributed by atoms with Crippen molar-refractivity contribution >= 4 is 5.91 Å². The van der Waals surface area contributed by atoms with Gasteiger partial charge >= 0.3 is 0 Å². The largest absolute Gasteiger partial charge is 0.393 e. The average molecular weight is 251 g/mol. The predicted octanol–water partition coefficient (Wildman–Crippen LogP) is 1.68. The van der Waals surface area contributed by atoms with E-state index in [1.807, 2.05) is 18.2 Å². The summed E-state index contributed by atoms with van der Waals surface area (Å²) in [7, 11) is 3.37. The van der Waals surface area contributed by atoms with Crippen LogP contribution in [-0.2, 0) is 11.3 Å². The maximum absolute atomic E-state index is 12.1. The first-order chi connectivity index (χ1) is 8.54. The Hall–Kier alpha value is -1.39. The van der Waals surface area contributed by atoms with Gasteiger partial charge in [0.05, 0.1) is 12.7 Å². The summed E-state index contributed by atoms with van der Waals surface area (Å²) in [6.07, 6.45) is 0.195. The van der Waals surface area contributed by atoms with Gasteiger partial charge in [-0.05, 0) is 31.0 Å². The van der Waals surface area contributed by atoms with Crippen LogP contribution in [0.2, 0.25) is 0 Å². The van der Waals surface area contributed by atoms with Crippen molar-refractivity contribution in [2.75, 3.05) is 20.7 Å². The van der Waals surface area contributed by atoms with Crippen molar-refractivity contribution in [3.63, 3.8) is 0 Å². The smallest absolute Gasteiger partial charge is 0.253 e. The fourth-order valence-electron chi connectivity index (χ4n) is 1.66. The predicted molar refractivity (Wildman–Crippen MR) is 70.4 cm³/mol. The number of hydrogen-bond donors (Lipinski definition) is 1. The van der Waals surface area contributed by atoms with E-state index >= 15 is 0 Å². The number of ether oxygens (including phenoxy) is 1. The third kappa shape index (κ3) is 4.47. The fraction of sp³-hybridized carbons (Fsp3) is 0.500. The van der Waals surface area contributed by atoms with Crippen molar-refractivity contribution in [3.8, 4) is 0 Å². The van der Waals surface area contributed by atoms with Crippen molar-refractivity contribution < 1.29 is 14.6 Å². The Morgan fingerprint density at radius 2 is 2.22 bits per heavy atom. The topological polar surface area (TPSA) is 49.8 Å². The molecule has 0 saturated heterocycles. The molecule has 0 saturated carbocycles. The highest BCUT2D eigenvalue weighted by Gasteiger charge is 2.12. The highest BCUT2D eigenvalue weighted by Crippen LogP contribution is 2.09. The molecular formula is C14H21NO3. The Morgan fingerprint density at radius 3 is 2.83 bits per heavy atom. The van der Waals surface area contributed by atoms with Crippen LogP contribution in [-0.4, -0.2) is 42.7 Å². The highest BCUT2D eigenvalue weighted by atomic mass is 16.5. The van der Waals surface area contributed by atoms with Crippen molar-refractivity contribution in [3.05, 3.63) is 35.4 Å². The lowest BCUT2D eigenvalue weighted by atomic mass is 10.1. The van der Waals surface area contributed by atoms with Crippen molar-refractivity contribution in [2.45, 2.75) is 26.1 Å². The summed E-state index contributed by atoms with van der Waals surface area (Å²) >= 11 is 0. The molecule has 1 N–H and O–H groups in total. The van der Waals surface area contributed by atoms with Crippen LogP contribution in [0.5, 0.6) is 0 Å². The van der Waals surface area contributed by atoms with Crippen LogP contribution in [0.15, 0.2) is 24.3 Å². The lowest BCUT2D eigenvalue weighted by molar-refractivity contribution is 0.0768. The van der Waals surface area contributed by atoms with Gasteiger partial charge in [-0.15, -0.1) is 0 Å². The number of carbonyl (C=O) groups excluding carboxylic acids is 1. The summed E-state index contributed by atoms with van der Waals surface area (Å²) in [5.41, 5.74) is 1.63. The van der Waals surface area contributed by atoms with Crippen molar-refractivity contribution in [1.29, 1.82) is 0 Å². The fourth-order valence-corrected chi connectivity index (χ4v) is 1.66. The molecule has 0 aromatic heterocycles. The van der Waals surface area contributed by atoms with Gasteiger partial charge in [0, 0.05) is 26.3 Å². The van der Waals surface area contributed by atoms with Crippen LogP contribution >= 0.6 is 0 Å². The standard InChI is InChI=1S/C14H21NO3/c1-11(16)7-8-15(2)14(17)13-6-4-5-12(9-13)10-18-3/h4-6,9,11,16H,7-8,10H2,1-3H3. The van der Waals surface area contributed by atoms with Gasteiger partial charge in [-0.2, -0.15) is 0 Å². The molecule has 0 heterocycles. The third-order valence-corrected chi connectivity index (χ3v) is 2.71. The molecule has 0 aliphatic heterocycles. The summed E-state index contributed by atoms with van der Waals surface area (Å²) in [5.74, 6) is -0.0337. The zero-order valence-electron chi connectivity index (χ0n) is 11.2. The zero-order chi connectivity index (χ0) is 13.5. The Morgan fingerprint density at radius 1 is 1.50 bits per heavy atom. The molecule has 1 aromatic rings. The van der Waals surface area contributed by atoms with Crippen LogP contribution in [0.3, 0.4) is 0 Å². The summed E-state index contributed by atoms with van der Waals surface area (Å²) in [5, 5.41) is 9.21. The van der Waals surface area contributed by atoms with E-state index < -0.39 is 0 Å². The molecule has 4 heteroatoms. The van der Waals surface area contributed by atoms with Gasteiger partial charge in [0.2, 0.25) is 0 Å². The number of methoxy groups -OCH3 is 1. The van der Waals surface area contributed by atoms with E-state index in [0.29, 0.717) is 25.1 Å². The molecule has 1 rings (SSSR count). The third-order valence-electron chi connectivity index (χ3n) is 2.71. The lowest BCUT2D eigenvalue weighted by Crippen LogP contribution is -2.29. The van der Waals surface area contributed by atoms with Crippen LogP contribution in [0, 0.1) is 0 Å². The second kappa shape index (κ2) is 7.13. The van der Waals surface area contributed by atoms with Crippen molar-refractivity contribution in [1.82, 2.24) is 4.90 Å². The first-order valence-electron chi connectivity index (χ1n) is 6.06. The number of nitrogens with zero attached hydrogens (tertiary/aromatic N) is 1. The van der Waals surface area contributed by atoms with Crippen LogP contribution in [0.4, 0.5) is 0 Å². The quantitative estimate of drug-likeness (QED) is 0.836. The Balaban J connectivity index is 2.67. The summed E-state index contributed by atoms with van der Waals surface area (Å²) in [6.45, 7) is 2.76. The Bertz CT molecular complexity index is 390. The molecular weight excluding hydrogens is 230 g/mol. The molecule has 18 heavy (non-hydrogen) atoms. The van der Waals surface area contributed by atoms with Gasteiger partial charge in [-0.3, -0.25) is 4.79 Å². The number of carbonyl (C=O) groups is 1. The molecule has 0 aliphatic rings. The van der Waals surface area contributed by atoms with Gasteiger partial charge in [0.15, 0.2) is 0 Å². The van der Waals surface area contributed by atoms with Crippen LogP contribution < -0.4 is 0 Å². The van der Waals surface area contributed by atoms with Gasteiger partial charge in [-0.25, -0.2) is 0 Å². The molecule has 100 valence electrons. The van der Waals surface area contributed by atoms with E-state index in [-0.39, 0.29) is 12.0 Å². The monoisotopic (exact) mass is 251 g/mol. The first-order valence-corrected chi connectivity index (χ1v) is 6.06. The minimum absolute atomic E-state index is 0.0337. The molecule has 1 amide bonds. The molecule has 4 nitrogen and oxygen atoms in total. The second-order valence-electron chi connectivity index (χ2n) is 4.50.